The summed E-state index contributed by atoms with van der Waals surface area (Å²) in [6, 6.07) is -0.104. The predicted molar refractivity (Wildman–Crippen MR) is 52.1 cm³/mol. The van der Waals surface area contributed by atoms with Gasteiger partial charge in [-0.3, -0.25) is 4.79 Å². The number of nitrogens with two attached hydrogens (primary N) is 2. The second kappa shape index (κ2) is 5.19. The first-order valence-electron chi connectivity index (χ1n) is 4.52. The normalized spacial score (nSPS) is 13.9. The van der Waals surface area contributed by atoms with E-state index in [1.807, 2.05) is 20.8 Å². The Morgan fingerprint density at radius 3 is 2.38 bits per heavy atom. The molecular formula is C9H20N2O2. The molecule has 0 aliphatic rings. The van der Waals surface area contributed by atoms with E-state index < -0.39 is 5.60 Å². The lowest BCUT2D eigenvalue weighted by Gasteiger charge is -2.19. The van der Waals surface area contributed by atoms with Gasteiger partial charge in [-0.05, 0) is 27.2 Å². The zero-order valence-corrected chi connectivity index (χ0v) is 8.67. The van der Waals surface area contributed by atoms with E-state index in [2.05, 4.69) is 0 Å². The number of hydrogen-bond donors (Lipinski definition) is 2. The molecule has 4 heteroatoms. The molecule has 0 bridgehead atoms. The number of ether oxygens (including phenoxy) is 1. The largest absolute Gasteiger partial charge is 0.460 e. The van der Waals surface area contributed by atoms with E-state index in [1.165, 1.54) is 0 Å². The molecule has 1 atom stereocenters. The molecule has 0 fully saturated rings. The zero-order chi connectivity index (χ0) is 10.5. The molecule has 0 rings (SSSR count). The van der Waals surface area contributed by atoms with Gasteiger partial charge in [0.05, 0.1) is 0 Å². The van der Waals surface area contributed by atoms with Crippen molar-refractivity contribution in [2.75, 3.05) is 6.54 Å². The van der Waals surface area contributed by atoms with Crippen LogP contribution >= 0.6 is 0 Å². The quantitative estimate of drug-likeness (QED) is 0.626. The average Bonchev–Trinajstić information content (AvgIpc) is 1.97. The lowest BCUT2D eigenvalue weighted by atomic mass is 10.1. The van der Waals surface area contributed by atoms with Crippen LogP contribution in [-0.2, 0) is 9.53 Å². The summed E-state index contributed by atoms with van der Waals surface area (Å²) in [5.41, 5.74) is 10.4. The van der Waals surface area contributed by atoms with Gasteiger partial charge in [0.1, 0.15) is 5.60 Å². The molecule has 0 saturated heterocycles. The first-order valence-corrected chi connectivity index (χ1v) is 4.52. The number of esters is 1. The van der Waals surface area contributed by atoms with Crippen LogP contribution in [0.15, 0.2) is 0 Å². The zero-order valence-electron chi connectivity index (χ0n) is 8.67. The molecular weight excluding hydrogens is 168 g/mol. The van der Waals surface area contributed by atoms with E-state index >= 15 is 0 Å². The summed E-state index contributed by atoms with van der Waals surface area (Å²) in [6.07, 6.45) is 0.932. The maximum atomic E-state index is 11.2. The van der Waals surface area contributed by atoms with Gasteiger partial charge in [-0.2, -0.15) is 0 Å². The third-order valence-corrected chi connectivity index (χ3v) is 1.44. The van der Waals surface area contributed by atoms with Crippen molar-refractivity contribution in [1.82, 2.24) is 0 Å². The van der Waals surface area contributed by atoms with Crippen molar-refractivity contribution < 1.29 is 9.53 Å². The fourth-order valence-corrected chi connectivity index (χ4v) is 0.814. The molecule has 0 aromatic carbocycles. The molecule has 0 aromatic heterocycles. The van der Waals surface area contributed by atoms with Gasteiger partial charge in [0, 0.05) is 19.0 Å². The monoisotopic (exact) mass is 188 g/mol. The fourth-order valence-electron chi connectivity index (χ4n) is 0.814. The van der Waals surface area contributed by atoms with Crippen molar-refractivity contribution in [3.05, 3.63) is 0 Å². The lowest BCUT2D eigenvalue weighted by molar-refractivity contribution is -0.155. The highest BCUT2D eigenvalue weighted by atomic mass is 16.6. The second-order valence-corrected chi connectivity index (χ2v) is 4.12. The van der Waals surface area contributed by atoms with E-state index in [-0.39, 0.29) is 12.0 Å². The summed E-state index contributed by atoms with van der Waals surface area (Å²) in [4.78, 5) is 11.2. The molecule has 0 aromatic rings. The number of rotatable bonds is 4. The van der Waals surface area contributed by atoms with Gasteiger partial charge in [0.15, 0.2) is 0 Å². The molecule has 4 nitrogen and oxygen atoms in total. The van der Waals surface area contributed by atoms with Crippen LogP contribution in [0.4, 0.5) is 0 Å². The minimum Gasteiger partial charge on any atom is -0.460 e. The van der Waals surface area contributed by atoms with Crippen molar-refractivity contribution in [2.24, 2.45) is 11.5 Å². The number of hydrogen-bond acceptors (Lipinski definition) is 4. The van der Waals surface area contributed by atoms with Crippen LogP contribution in [-0.4, -0.2) is 24.2 Å². The van der Waals surface area contributed by atoms with Gasteiger partial charge in [-0.15, -0.1) is 0 Å². The molecule has 0 heterocycles. The maximum absolute atomic E-state index is 11.2. The van der Waals surface area contributed by atoms with Gasteiger partial charge in [-0.25, -0.2) is 0 Å². The Hall–Kier alpha value is -0.610. The van der Waals surface area contributed by atoms with E-state index in [4.69, 9.17) is 16.2 Å². The molecule has 0 radical (unpaired) electrons. The van der Waals surface area contributed by atoms with Crippen molar-refractivity contribution in [1.29, 1.82) is 0 Å². The Morgan fingerprint density at radius 1 is 1.46 bits per heavy atom. The van der Waals surface area contributed by atoms with Crippen molar-refractivity contribution >= 4 is 5.97 Å². The summed E-state index contributed by atoms with van der Waals surface area (Å²) in [7, 11) is 0. The Bertz CT molecular complexity index is 163. The standard InChI is InChI=1S/C9H20N2O2/c1-9(2,3)13-8(12)5-4-7(11)6-10/h7H,4-6,10-11H2,1-3H3/t7-/m0/s1. The minimum atomic E-state index is -0.413. The van der Waals surface area contributed by atoms with Crippen LogP contribution in [0.25, 0.3) is 0 Å². The van der Waals surface area contributed by atoms with Crippen LogP contribution in [0.2, 0.25) is 0 Å². The molecule has 0 aliphatic heterocycles. The molecule has 4 N–H and O–H groups in total. The molecule has 0 aliphatic carbocycles. The molecule has 0 unspecified atom stereocenters. The smallest absolute Gasteiger partial charge is 0.306 e. The molecule has 0 spiro atoms. The minimum absolute atomic E-state index is 0.104. The highest BCUT2D eigenvalue weighted by Gasteiger charge is 2.16. The van der Waals surface area contributed by atoms with Gasteiger partial charge in [-0.1, -0.05) is 0 Å². The van der Waals surface area contributed by atoms with E-state index in [1.54, 1.807) is 0 Å². The summed E-state index contributed by atoms with van der Waals surface area (Å²) < 4.78 is 5.10. The van der Waals surface area contributed by atoms with Gasteiger partial charge in [0.2, 0.25) is 0 Å². The van der Waals surface area contributed by atoms with Crippen LogP contribution in [0.3, 0.4) is 0 Å². The lowest BCUT2D eigenvalue weighted by Crippen LogP contribution is -2.31. The SMILES string of the molecule is CC(C)(C)OC(=O)CC[C@H](N)CN. The summed E-state index contributed by atoms with van der Waals surface area (Å²) in [5, 5.41) is 0. The summed E-state index contributed by atoms with van der Waals surface area (Å²) in [6.45, 7) is 5.93. The Morgan fingerprint density at radius 2 is 2.00 bits per heavy atom. The van der Waals surface area contributed by atoms with Gasteiger partial charge in [0.25, 0.3) is 0 Å². The summed E-state index contributed by atoms with van der Waals surface area (Å²) >= 11 is 0. The molecule has 78 valence electrons. The molecule has 0 amide bonds. The van der Waals surface area contributed by atoms with E-state index in [9.17, 15) is 4.79 Å². The van der Waals surface area contributed by atoms with Crippen LogP contribution in [0.5, 0.6) is 0 Å². The average molecular weight is 188 g/mol. The maximum Gasteiger partial charge on any atom is 0.306 e. The predicted octanol–water partition coefficient (Wildman–Crippen LogP) is 0.394. The van der Waals surface area contributed by atoms with E-state index in [0.29, 0.717) is 19.4 Å². The van der Waals surface area contributed by atoms with Crippen molar-refractivity contribution in [3.63, 3.8) is 0 Å². The van der Waals surface area contributed by atoms with Crippen molar-refractivity contribution in [2.45, 2.75) is 45.3 Å². The third kappa shape index (κ3) is 7.74. The van der Waals surface area contributed by atoms with Crippen molar-refractivity contribution in [3.8, 4) is 0 Å². The van der Waals surface area contributed by atoms with Crippen LogP contribution in [0.1, 0.15) is 33.6 Å². The van der Waals surface area contributed by atoms with Crippen LogP contribution < -0.4 is 11.5 Å². The fraction of sp³-hybridized carbons (Fsp3) is 0.889. The molecule has 0 saturated carbocycles. The molecule has 13 heavy (non-hydrogen) atoms. The number of carbonyl (C=O) groups is 1. The first kappa shape index (κ1) is 12.4. The topological polar surface area (TPSA) is 78.3 Å². The van der Waals surface area contributed by atoms with Gasteiger partial charge >= 0.3 is 5.97 Å². The highest BCUT2D eigenvalue weighted by molar-refractivity contribution is 5.69. The van der Waals surface area contributed by atoms with Gasteiger partial charge < -0.3 is 16.2 Å². The Balaban J connectivity index is 3.64. The summed E-state index contributed by atoms with van der Waals surface area (Å²) in [5.74, 6) is -0.212. The van der Waals surface area contributed by atoms with E-state index in [0.717, 1.165) is 0 Å². The highest BCUT2D eigenvalue weighted by Crippen LogP contribution is 2.09. The van der Waals surface area contributed by atoms with Crippen LogP contribution in [0, 0.1) is 0 Å². The first-order chi connectivity index (χ1) is 5.85. The number of carbonyl (C=O) groups excluding carboxylic acids is 1. The Kier molecular flexibility index (Phi) is 4.95. The Labute approximate surface area is 79.6 Å². The second-order valence-electron chi connectivity index (χ2n) is 4.12. The third-order valence-electron chi connectivity index (χ3n) is 1.44.